The fourth-order valence-electron chi connectivity index (χ4n) is 3.32. The molecule has 0 aliphatic rings. The monoisotopic (exact) mass is 426 g/mol. The summed E-state index contributed by atoms with van der Waals surface area (Å²) in [7, 11) is 1.78. The number of carboxylic acid groups (broad SMARTS) is 1. The summed E-state index contributed by atoms with van der Waals surface area (Å²) in [5.74, 6) is -5.06. The van der Waals surface area contributed by atoms with Gasteiger partial charge in [-0.2, -0.15) is 9.61 Å². The van der Waals surface area contributed by atoms with Gasteiger partial charge in [0, 0.05) is 24.7 Å². The number of hydrogen-bond acceptors (Lipinski definition) is 4. The predicted octanol–water partition coefficient (Wildman–Crippen LogP) is 4.71. The van der Waals surface area contributed by atoms with Crippen LogP contribution in [-0.4, -0.2) is 32.7 Å². The Morgan fingerprint density at radius 3 is 2.32 bits per heavy atom. The largest absolute Gasteiger partial charge is 0.476 e. The minimum absolute atomic E-state index is 0.0130. The van der Waals surface area contributed by atoms with Crippen LogP contribution in [0.3, 0.4) is 0 Å². The highest BCUT2D eigenvalue weighted by Gasteiger charge is 2.21. The highest BCUT2D eigenvalue weighted by atomic mass is 19.2. The van der Waals surface area contributed by atoms with Gasteiger partial charge in [0.1, 0.15) is 5.82 Å². The summed E-state index contributed by atoms with van der Waals surface area (Å²) in [6, 6.07) is 13.9. The van der Waals surface area contributed by atoms with Gasteiger partial charge in [-0.05, 0) is 24.6 Å². The Balaban J connectivity index is 1.91. The lowest BCUT2D eigenvalue weighted by atomic mass is 10.1. The molecule has 0 radical (unpaired) electrons. The number of halogens is 3. The highest BCUT2D eigenvalue weighted by Crippen LogP contribution is 2.30. The van der Waals surface area contributed by atoms with E-state index >= 15 is 0 Å². The zero-order valence-electron chi connectivity index (χ0n) is 16.6. The molecule has 0 bridgehead atoms. The van der Waals surface area contributed by atoms with Crippen molar-refractivity contribution in [2.45, 2.75) is 13.0 Å². The number of rotatable bonds is 5. The Morgan fingerprint density at radius 2 is 1.71 bits per heavy atom. The number of fused-ring (bicyclic) bond motifs is 1. The molecule has 0 saturated carbocycles. The van der Waals surface area contributed by atoms with Crippen LogP contribution in [0.5, 0.6) is 0 Å². The summed E-state index contributed by atoms with van der Waals surface area (Å²) in [5.41, 5.74) is 1.08. The van der Waals surface area contributed by atoms with E-state index in [1.54, 1.807) is 7.05 Å². The topological polar surface area (TPSA) is 70.7 Å². The van der Waals surface area contributed by atoms with Gasteiger partial charge in [-0.3, -0.25) is 0 Å². The quantitative estimate of drug-likeness (QED) is 0.468. The first-order chi connectivity index (χ1) is 14.8. The molecule has 6 nitrogen and oxygen atoms in total. The van der Waals surface area contributed by atoms with Crippen molar-refractivity contribution in [3.8, 4) is 11.3 Å². The van der Waals surface area contributed by atoms with Gasteiger partial charge in [-0.25, -0.2) is 22.9 Å². The maximum absolute atomic E-state index is 13.8. The molecular weight excluding hydrogens is 409 g/mol. The van der Waals surface area contributed by atoms with Crippen LogP contribution in [-0.2, 0) is 0 Å². The van der Waals surface area contributed by atoms with E-state index in [9.17, 15) is 23.1 Å². The van der Waals surface area contributed by atoms with E-state index in [0.717, 1.165) is 17.7 Å². The second-order valence-electron chi connectivity index (χ2n) is 7.06. The highest BCUT2D eigenvalue weighted by molar-refractivity contribution is 5.87. The van der Waals surface area contributed by atoms with Crippen LogP contribution in [0.15, 0.2) is 54.6 Å². The molecule has 4 aromatic rings. The predicted molar refractivity (Wildman–Crippen MR) is 109 cm³/mol. The molecular formula is C22H17F3N4O2. The van der Waals surface area contributed by atoms with E-state index in [0.29, 0.717) is 5.82 Å². The van der Waals surface area contributed by atoms with Crippen LogP contribution in [0, 0.1) is 17.5 Å². The molecule has 0 spiro atoms. The van der Waals surface area contributed by atoms with E-state index in [2.05, 4.69) is 10.1 Å². The molecule has 1 unspecified atom stereocenters. The molecule has 2 aromatic heterocycles. The number of aromatic carboxylic acids is 1. The molecule has 0 fully saturated rings. The zero-order valence-corrected chi connectivity index (χ0v) is 16.6. The summed E-state index contributed by atoms with van der Waals surface area (Å²) in [5, 5.41) is 13.4. The van der Waals surface area contributed by atoms with Gasteiger partial charge in [0.25, 0.3) is 0 Å². The SMILES string of the molecule is CC(c1ccccc1)N(C)c1cc(-c2cc(F)c(F)c(F)c2)nc2cc(C(=O)O)nn12. The smallest absolute Gasteiger partial charge is 0.356 e. The molecule has 31 heavy (non-hydrogen) atoms. The van der Waals surface area contributed by atoms with Gasteiger partial charge < -0.3 is 10.0 Å². The Hall–Kier alpha value is -3.88. The van der Waals surface area contributed by atoms with E-state index in [1.807, 2.05) is 42.2 Å². The minimum Gasteiger partial charge on any atom is -0.476 e. The molecule has 2 aromatic carbocycles. The van der Waals surface area contributed by atoms with E-state index in [-0.39, 0.29) is 28.6 Å². The van der Waals surface area contributed by atoms with Crippen molar-refractivity contribution in [3.05, 3.63) is 83.3 Å². The number of carbonyl (C=O) groups is 1. The number of hydrogen-bond donors (Lipinski definition) is 1. The molecule has 1 N–H and O–H groups in total. The van der Waals surface area contributed by atoms with E-state index in [1.165, 1.54) is 16.6 Å². The zero-order chi connectivity index (χ0) is 22.3. The Morgan fingerprint density at radius 1 is 1.06 bits per heavy atom. The second-order valence-corrected chi connectivity index (χ2v) is 7.06. The van der Waals surface area contributed by atoms with Crippen molar-refractivity contribution in [2.75, 3.05) is 11.9 Å². The van der Waals surface area contributed by atoms with Crippen molar-refractivity contribution in [3.63, 3.8) is 0 Å². The Bertz CT molecular complexity index is 1270. The first-order valence-electron chi connectivity index (χ1n) is 9.33. The third kappa shape index (κ3) is 3.70. The van der Waals surface area contributed by atoms with Crippen molar-refractivity contribution < 1.29 is 23.1 Å². The lowest BCUT2D eigenvalue weighted by Crippen LogP contribution is -2.24. The first-order valence-corrected chi connectivity index (χ1v) is 9.33. The Labute approximate surface area is 175 Å². The molecule has 0 aliphatic carbocycles. The van der Waals surface area contributed by atoms with Crippen LogP contribution >= 0.6 is 0 Å². The number of nitrogens with zero attached hydrogens (tertiary/aromatic N) is 4. The summed E-state index contributed by atoms with van der Waals surface area (Å²) in [4.78, 5) is 17.6. The molecule has 2 heterocycles. The standard InChI is InChI=1S/C22H17F3N4O2/c1-12(13-6-4-3-5-7-13)28(2)20-11-17(14-8-15(23)21(25)16(24)9-14)26-19-10-18(22(30)31)27-29(19)20/h3-12H,1-2H3,(H,30,31). The third-order valence-corrected chi connectivity index (χ3v) is 5.13. The Kier molecular flexibility index (Phi) is 5.10. The number of aromatic nitrogens is 3. The van der Waals surface area contributed by atoms with Crippen molar-refractivity contribution >= 4 is 17.4 Å². The van der Waals surface area contributed by atoms with Crippen LogP contribution < -0.4 is 4.90 Å². The number of benzene rings is 2. The molecule has 9 heteroatoms. The maximum atomic E-state index is 13.8. The summed E-state index contributed by atoms with van der Waals surface area (Å²) in [6.45, 7) is 1.94. The van der Waals surface area contributed by atoms with Crippen LogP contribution in [0.1, 0.15) is 29.0 Å². The maximum Gasteiger partial charge on any atom is 0.356 e. The molecule has 0 saturated heterocycles. The van der Waals surface area contributed by atoms with E-state index in [4.69, 9.17) is 0 Å². The van der Waals surface area contributed by atoms with Crippen molar-refractivity contribution in [1.29, 1.82) is 0 Å². The lowest BCUT2D eigenvalue weighted by molar-refractivity contribution is 0.0690. The van der Waals surface area contributed by atoms with Crippen LogP contribution in [0.2, 0.25) is 0 Å². The van der Waals surface area contributed by atoms with Gasteiger partial charge in [-0.1, -0.05) is 30.3 Å². The van der Waals surface area contributed by atoms with Crippen LogP contribution in [0.4, 0.5) is 19.0 Å². The fourth-order valence-corrected chi connectivity index (χ4v) is 3.32. The van der Waals surface area contributed by atoms with Gasteiger partial charge in [0.2, 0.25) is 0 Å². The van der Waals surface area contributed by atoms with Crippen molar-refractivity contribution in [1.82, 2.24) is 14.6 Å². The average molecular weight is 426 g/mol. The minimum atomic E-state index is -1.57. The van der Waals surface area contributed by atoms with Gasteiger partial charge in [-0.15, -0.1) is 0 Å². The first kappa shape index (κ1) is 20.4. The van der Waals surface area contributed by atoms with Crippen LogP contribution in [0.25, 0.3) is 16.9 Å². The van der Waals surface area contributed by atoms with Gasteiger partial charge in [0.05, 0.1) is 11.7 Å². The molecule has 0 aliphatic heterocycles. The van der Waals surface area contributed by atoms with Gasteiger partial charge in [0.15, 0.2) is 28.8 Å². The third-order valence-electron chi connectivity index (χ3n) is 5.13. The molecule has 4 rings (SSSR count). The lowest BCUT2D eigenvalue weighted by Gasteiger charge is -2.28. The van der Waals surface area contributed by atoms with Crippen molar-refractivity contribution in [2.24, 2.45) is 0 Å². The summed E-state index contributed by atoms with van der Waals surface area (Å²) < 4.78 is 42.4. The second kappa shape index (κ2) is 7.75. The normalized spacial score (nSPS) is 12.2. The fraction of sp³-hybridized carbons (Fsp3) is 0.136. The number of carboxylic acids is 1. The molecule has 1 atom stereocenters. The number of anilines is 1. The van der Waals surface area contributed by atoms with Gasteiger partial charge >= 0.3 is 5.97 Å². The molecule has 0 amide bonds. The summed E-state index contributed by atoms with van der Waals surface area (Å²) in [6.07, 6.45) is 0. The summed E-state index contributed by atoms with van der Waals surface area (Å²) >= 11 is 0. The molecule has 158 valence electrons. The van der Waals surface area contributed by atoms with E-state index < -0.39 is 23.4 Å². The average Bonchev–Trinajstić information content (AvgIpc) is 3.20.